The van der Waals surface area contributed by atoms with Gasteiger partial charge in [-0.2, -0.15) is 0 Å². The third kappa shape index (κ3) is 6.15. The minimum Gasteiger partial charge on any atom is -0.484 e. The van der Waals surface area contributed by atoms with E-state index in [2.05, 4.69) is 5.32 Å². The van der Waals surface area contributed by atoms with Crippen LogP contribution in [-0.2, 0) is 9.53 Å². The van der Waals surface area contributed by atoms with Gasteiger partial charge in [-0.25, -0.2) is 4.79 Å². The SMILES string of the molecule is CCCOC(=O)c1ccc(NC(=O)COc2ccc(SC)cc2)cc1. The number of carbonyl (C=O) groups excluding carboxylic acids is 2. The normalized spacial score (nSPS) is 10.2. The monoisotopic (exact) mass is 359 g/mol. The predicted octanol–water partition coefficient (Wildman–Crippen LogP) is 3.99. The van der Waals surface area contributed by atoms with Gasteiger partial charge in [0.1, 0.15) is 5.75 Å². The maximum Gasteiger partial charge on any atom is 0.338 e. The van der Waals surface area contributed by atoms with Gasteiger partial charge in [-0.3, -0.25) is 4.79 Å². The van der Waals surface area contributed by atoms with E-state index in [9.17, 15) is 9.59 Å². The molecule has 2 aromatic rings. The van der Waals surface area contributed by atoms with Crippen LogP contribution < -0.4 is 10.1 Å². The van der Waals surface area contributed by atoms with E-state index in [4.69, 9.17) is 9.47 Å². The number of amides is 1. The van der Waals surface area contributed by atoms with Gasteiger partial charge in [0.05, 0.1) is 12.2 Å². The Hall–Kier alpha value is -2.47. The van der Waals surface area contributed by atoms with Crippen LogP contribution in [0.3, 0.4) is 0 Å². The molecule has 0 unspecified atom stereocenters. The molecular weight excluding hydrogens is 338 g/mol. The highest BCUT2D eigenvalue weighted by atomic mass is 32.2. The van der Waals surface area contributed by atoms with Crippen molar-refractivity contribution in [1.82, 2.24) is 0 Å². The molecule has 5 nitrogen and oxygen atoms in total. The average Bonchev–Trinajstić information content (AvgIpc) is 2.65. The van der Waals surface area contributed by atoms with Crippen molar-refractivity contribution in [1.29, 1.82) is 0 Å². The quantitative estimate of drug-likeness (QED) is 0.570. The van der Waals surface area contributed by atoms with Gasteiger partial charge in [-0.15, -0.1) is 11.8 Å². The molecule has 0 spiro atoms. The zero-order valence-corrected chi connectivity index (χ0v) is 15.1. The number of hydrogen-bond donors (Lipinski definition) is 1. The van der Waals surface area contributed by atoms with Gasteiger partial charge in [-0.1, -0.05) is 6.92 Å². The molecule has 2 aromatic carbocycles. The van der Waals surface area contributed by atoms with Gasteiger partial charge >= 0.3 is 5.97 Å². The zero-order chi connectivity index (χ0) is 18.1. The fourth-order valence-corrected chi connectivity index (χ4v) is 2.39. The standard InChI is InChI=1S/C19H21NO4S/c1-3-12-23-19(22)14-4-6-15(7-5-14)20-18(21)13-24-16-8-10-17(25-2)11-9-16/h4-11H,3,12-13H2,1-2H3,(H,20,21). The summed E-state index contributed by atoms with van der Waals surface area (Å²) in [4.78, 5) is 24.8. The van der Waals surface area contributed by atoms with E-state index in [-0.39, 0.29) is 18.5 Å². The van der Waals surface area contributed by atoms with Crippen LogP contribution in [0.1, 0.15) is 23.7 Å². The van der Waals surface area contributed by atoms with Crippen LogP contribution in [0.15, 0.2) is 53.4 Å². The summed E-state index contributed by atoms with van der Waals surface area (Å²) in [7, 11) is 0. The second-order valence-corrected chi connectivity index (χ2v) is 6.11. The van der Waals surface area contributed by atoms with Gasteiger partial charge in [0.2, 0.25) is 0 Å². The summed E-state index contributed by atoms with van der Waals surface area (Å²) in [6.07, 6.45) is 2.78. The highest BCUT2D eigenvalue weighted by molar-refractivity contribution is 7.98. The van der Waals surface area contributed by atoms with Crippen molar-refractivity contribution in [2.24, 2.45) is 0 Å². The Morgan fingerprint density at radius 2 is 1.72 bits per heavy atom. The molecule has 0 atom stereocenters. The lowest BCUT2D eigenvalue weighted by molar-refractivity contribution is -0.118. The lowest BCUT2D eigenvalue weighted by Crippen LogP contribution is -2.20. The Morgan fingerprint density at radius 3 is 2.32 bits per heavy atom. The number of rotatable bonds is 8. The Kier molecular flexibility index (Phi) is 7.35. The first-order valence-corrected chi connectivity index (χ1v) is 9.18. The molecule has 0 aliphatic rings. The molecule has 0 bridgehead atoms. The van der Waals surface area contributed by atoms with Crippen LogP contribution in [0.25, 0.3) is 0 Å². The molecule has 0 aliphatic carbocycles. The molecule has 0 saturated heterocycles. The molecule has 0 radical (unpaired) electrons. The van der Waals surface area contributed by atoms with E-state index in [1.807, 2.05) is 37.4 Å². The Balaban J connectivity index is 1.82. The maximum atomic E-state index is 11.9. The Labute approximate surface area is 151 Å². The second kappa shape index (κ2) is 9.74. The van der Waals surface area contributed by atoms with Gasteiger partial charge in [-0.05, 0) is 61.2 Å². The van der Waals surface area contributed by atoms with Crippen molar-refractivity contribution in [2.45, 2.75) is 18.2 Å². The van der Waals surface area contributed by atoms with Crippen molar-refractivity contribution >= 4 is 29.3 Å². The highest BCUT2D eigenvalue weighted by Gasteiger charge is 2.08. The van der Waals surface area contributed by atoms with Gasteiger partial charge in [0, 0.05) is 10.6 Å². The van der Waals surface area contributed by atoms with Crippen molar-refractivity contribution in [3.8, 4) is 5.75 Å². The molecule has 25 heavy (non-hydrogen) atoms. The van der Waals surface area contributed by atoms with Crippen LogP contribution >= 0.6 is 11.8 Å². The maximum absolute atomic E-state index is 11.9. The third-order valence-electron chi connectivity index (χ3n) is 3.27. The number of esters is 1. The van der Waals surface area contributed by atoms with Crippen LogP contribution in [0.5, 0.6) is 5.75 Å². The molecule has 0 aromatic heterocycles. The summed E-state index contributed by atoms with van der Waals surface area (Å²) in [5.74, 6) is 0.00830. The van der Waals surface area contributed by atoms with Crippen LogP contribution in [-0.4, -0.2) is 31.3 Å². The highest BCUT2D eigenvalue weighted by Crippen LogP contribution is 2.19. The number of carbonyl (C=O) groups is 2. The number of nitrogens with one attached hydrogen (secondary N) is 1. The number of ether oxygens (including phenoxy) is 2. The molecular formula is C19H21NO4S. The van der Waals surface area contributed by atoms with Gasteiger partial charge in [0.15, 0.2) is 6.61 Å². The van der Waals surface area contributed by atoms with Crippen molar-refractivity contribution < 1.29 is 19.1 Å². The van der Waals surface area contributed by atoms with Crippen molar-refractivity contribution in [3.05, 3.63) is 54.1 Å². The topological polar surface area (TPSA) is 64.6 Å². The fourth-order valence-electron chi connectivity index (χ4n) is 1.99. The largest absolute Gasteiger partial charge is 0.484 e. The lowest BCUT2D eigenvalue weighted by atomic mass is 10.2. The number of hydrogen-bond acceptors (Lipinski definition) is 5. The first-order valence-electron chi connectivity index (χ1n) is 7.96. The molecule has 0 aliphatic heterocycles. The van der Waals surface area contributed by atoms with E-state index < -0.39 is 0 Å². The molecule has 2 rings (SSSR count). The fraction of sp³-hybridized carbons (Fsp3) is 0.263. The van der Waals surface area contributed by atoms with E-state index in [0.29, 0.717) is 23.6 Å². The van der Waals surface area contributed by atoms with Gasteiger partial charge < -0.3 is 14.8 Å². The molecule has 132 valence electrons. The van der Waals surface area contributed by atoms with E-state index in [0.717, 1.165) is 11.3 Å². The number of benzene rings is 2. The van der Waals surface area contributed by atoms with Crippen LogP contribution in [0.2, 0.25) is 0 Å². The van der Waals surface area contributed by atoms with Crippen molar-refractivity contribution in [2.75, 3.05) is 24.8 Å². The summed E-state index contributed by atoms with van der Waals surface area (Å²) in [5, 5.41) is 2.72. The third-order valence-corrected chi connectivity index (χ3v) is 4.01. The first kappa shape index (κ1) is 18.9. The summed E-state index contributed by atoms with van der Waals surface area (Å²) >= 11 is 1.64. The zero-order valence-electron chi connectivity index (χ0n) is 14.3. The molecule has 0 fully saturated rings. The summed E-state index contributed by atoms with van der Waals surface area (Å²) in [6, 6.07) is 14.1. The number of anilines is 1. The van der Waals surface area contributed by atoms with Crippen molar-refractivity contribution in [3.63, 3.8) is 0 Å². The predicted molar refractivity (Wildman–Crippen MR) is 99.4 cm³/mol. The van der Waals surface area contributed by atoms with E-state index in [1.165, 1.54) is 0 Å². The molecule has 0 saturated carbocycles. The second-order valence-electron chi connectivity index (χ2n) is 5.23. The molecule has 1 N–H and O–H groups in total. The lowest BCUT2D eigenvalue weighted by Gasteiger charge is -2.08. The minimum atomic E-state index is -0.364. The number of thioether (sulfide) groups is 1. The van der Waals surface area contributed by atoms with Crippen LogP contribution in [0.4, 0.5) is 5.69 Å². The smallest absolute Gasteiger partial charge is 0.338 e. The first-order chi connectivity index (χ1) is 12.1. The summed E-state index contributed by atoms with van der Waals surface area (Å²) < 4.78 is 10.5. The Bertz CT molecular complexity index is 698. The van der Waals surface area contributed by atoms with E-state index in [1.54, 1.807) is 36.0 Å². The minimum absolute atomic E-state index is 0.0844. The molecule has 1 amide bonds. The Morgan fingerprint density at radius 1 is 1.04 bits per heavy atom. The van der Waals surface area contributed by atoms with Gasteiger partial charge in [0.25, 0.3) is 5.91 Å². The van der Waals surface area contributed by atoms with Crippen LogP contribution in [0, 0.1) is 0 Å². The summed E-state index contributed by atoms with van der Waals surface area (Å²) in [5.41, 5.74) is 1.05. The summed E-state index contributed by atoms with van der Waals surface area (Å²) in [6.45, 7) is 2.25. The average molecular weight is 359 g/mol. The van der Waals surface area contributed by atoms with E-state index >= 15 is 0 Å². The molecule has 0 heterocycles. The molecule has 6 heteroatoms.